The third-order valence-corrected chi connectivity index (χ3v) is 7.87. The largest absolute Gasteiger partial charge is 0.375 e. The number of amides is 1. The molecule has 35 heavy (non-hydrogen) atoms. The van der Waals surface area contributed by atoms with Crippen LogP contribution in [0.5, 0.6) is 0 Å². The fraction of sp³-hybridized carbons (Fsp3) is 0.533. The van der Waals surface area contributed by atoms with E-state index in [1.54, 1.807) is 0 Å². The Labute approximate surface area is 211 Å². The first-order valence-corrected chi connectivity index (χ1v) is 13.3. The van der Waals surface area contributed by atoms with Crippen molar-refractivity contribution in [1.82, 2.24) is 4.90 Å². The molecular weight excluding hydrogens is 436 g/mol. The lowest BCUT2D eigenvalue weighted by atomic mass is 9.78. The SMILES string of the molecule is CC.C[N+](C)(CC(=O)c1ccccc1)C1CCN(C(=O)C(O)(c2ccccc2)C2CCCC2)CC1. The van der Waals surface area contributed by atoms with Crippen molar-refractivity contribution in [2.75, 3.05) is 33.7 Å². The number of ketones is 1. The molecule has 1 amide bonds. The van der Waals surface area contributed by atoms with E-state index in [9.17, 15) is 14.7 Å². The molecule has 1 heterocycles. The maximum atomic E-state index is 13.7. The van der Waals surface area contributed by atoms with Crippen LogP contribution in [0.3, 0.4) is 0 Å². The molecule has 0 bridgehead atoms. The first-order chi connectivity index (χ1) is 16.8. The molecule has 1 N–H and O–H groups in total. The highest BCUT2D eigenvalue weighted by atomic mass is 16.3. The van der Waals surface area contributed by atoms with Crippen molar-refractivity contribution >= 4 is 11.7 Å². The van der Waals surface area contributed by atoms with Crippen molar-refractivity contribution in [3.63, 3.8) is 0 Å². The number of carbonyl (C=O) groups is 2. The molecule has 5 nitrogen and oxygen atoms in total. The van der Waals surface area contributed by atoms with Gasteiger partial charge in [0.25, 0.3) is 5.91 Å². The number of likely N-dealkylation sites (N-methyl/N-ethyl adjacent to an activating group) is 1. The molecule has 1 aliphatic carbocycles. The van der Waals surface area contributed by atoms with Gasteiger partial charge in [0.2, 0.25) is 5.78 Å². The average molecular weight is 480 g/mol. The highest BCUT2D eigenvalue weighted by Crippen LogP contribution is 2.42. The summed E-state index contributed by atoms with van der Waals surface area (Å²) in [5.74, 6) is -0.0238. The zero-order chi connectivity index (χ0) is 25.5. The lowest BCUT2D eigenvalue weighted by molar-refractivity contribution is -0.908. The van der Waals surface area contributed by atoms with Gasteiger partial charge in [-0.3, -0.25) is 9.59 Å². The topological polar surface area (TPSA) is 57.6 Å². The number of aliphatic hydroxyl groups is 1. The zero-order valence-electron chi connectivity index (χ0n) is 22.0. The second-order valence-electron chi connectivity index (χ2n) is 10.4. The second kappa shape index (κ2) is 12.0. The Morgan fingerprint density at radius 2 is 1.40 bits per heavy atom. The Kier molecular flexibility index (Phi) is 9.26. The number of hydrogen-bond donors (Lipinski definition) is 1. The summed E-state index contributed by atoms with van der Waals surface area (Å²) >= 11 is 0. The number of likely N-dealkylation sites (tertiary alicyclic amines) is 1. The highest BCUT2D eigenvalue weighted by Gasteiger charge is 2.49. The van der Waals surface area contributed by atoms with Crippen molar-refractivity contribution in [3.8, 4) is 0 Å². The monoisotopic (exact) mass is 479 g/mol. The lowest BCUT2D eigenvalue weighted by Crippen LogP contribution is -2.59. The van der Waals surface area contributed by atoms with Gasteiger partial charge in [-0.25, -0.2) is 0 Å². The summed E-state index contributed by atoms with van der Waals surface area (Å²) in [6.45, 7) is 5.68. The first kappa shape index (κ1) is 27.1. The van der Waals surface area contributed by atoms with Crippen LogP contribution in [0.1, 0.15) is 68.3 Å². The van der Waals surface area contributed by atoms with Gasteiger partial charge in [0.15, 0.2) is 5.60 Å². The molecule has 1 saturated carbocycles. The van der Waals surface area contributed by atoms with Gasteiger partial charge in [-0.15, -0.1) is 0 Å². The summed E-state index contributed by atoms with van der Waals surface area (Å²) in [5.41, 5.74) is 0.0208. The minimum atomic E-state index is -1.45. The van der Waals surface area contributed by atoms with E-state index >= 15 is 0 Å². The molecular formula is C30H43N2O3+. The molecule has 1 aliphatic heterocycles. The predicted molar refractivity (Wildman–Crippen MR) is 141 cm³/mol. The van der Waals surface area contributed by atoms with Crippen molar-refractivity contribution in [1.29, 1.82) is 0 Å². The second-order valence-corrected chi connectivity index (χ2v) is 10.4. The van der Waals surface area contributed by atoms with E-state index < -0.39 is 5.60 Å². The lowest BCUT2D eigenvalue weighted by Gasteiger charge is -2.44. The molecule has 0 spiro atoms. The van der Waals surface area contributed by atoms with Crippen molar-refractivity contribution < 1.29 is 19.2 Å². The van der Waals surface area contributed by atoms with Crippen molar-refractivity contribution in [3.05, 3.63) is 71.8 Å². The summed E-state index contributed by atoms with van der Waals surface area (Å²) in [6, 6.07) is 19.3. The Morgan fingerprint density at radius 3 is 1.94 bits per heavy atom. The van der Waals surface area contributed by atoms with Gasteiger partial charge in [-0.05, 0) is 18.4 Å². The van der Waals surface area contributed by atoms with Crippen LogP contribution in [0, 0.1) is 5.92 Å². The Bertz CT molecular complexity index is 946. The minimum absolute atomic E-state index is 0.0270. The maximum Gasteiger partial charge on any atom is 0.259 e. The third kappa shape index (κ3) is 6.02. The normalized spacial score (nSPS) is 18.9. The summed E-state index contributed by atoms with van der Waals surface area (Å²) in [4.78, 5) is 28.4. The Morgan fingerprint density at radius 1 is 0.886 bits per heavy atom. The van der Waals surface area contributed by atoms with Gasteiger partial charge in [0, 0.05) is 37.4 Å². The number of piperidine rings is 1. The smallest absolute Gasteiger partial charge is 0.259 e. The molecule has 5 heteroatoms. The number of carbonyl (C=O) groups excluding carboxylic acids is 2. The molecule has 2 aliphatic rings. The number of benzene rings is 2. The third-order valence-electron chi connectivity index (χ3n) is 7.87. The van der Waals surface area contributed by atoms with Crippen molar-refractivity contribution in [2.24, 2.45) is 5.92 Å². The van der Waals surface area contributed by atoms with Crippen LogP contribution in [-0.2, 0) is 10.4 Å². The standard InChI is InChI=1S/C28H37N2O3.C2H6/c1-30(2,21-26(31)22-11-5-3-6-12-22)25-17-19-29(20-18-25)27(32)28(33,24-15-9-10-16-24)23-13-7-4-8-14-23;1-2/h3-8,11-14,24-25,33H,9-10,15-21H2,1-2H3;1-2H3/q+1;. The fourth-order valence-electron chi connectivity index (χ4n) is 5.79. The molecule has 1 saturated heterocycles. The van der Waals surface area contributed by atoms with E-state index in [1.165, 1.54) is 0 Å². The maximum absolute atomic E-state index is 13.7. The highest BCUT2D eigenvalue weighted by molar-refractivity contribution is 5.96. The number of rotatable bonds is 7. The molecule has 4 rings (SSSR count). The predicted octanol–water partition coefficient (Wildman–Crippen LogP) is 5.04. The minimum Gasteiger partial charge on any atom is -0.375 e. The Balaban J connectivity index is 0.00000167. The van der Waals surface area contributed by atoms with E-state index in [-0.39, 0.29) is 17.6 Å². The van der Waals surface area contributed by atoms with Crippen LogP contribution in [0.4, 0.5) is 0 Å². The van der Waals surface area contributed by atoms with Crippen LogP contribution in [0.15, 0.2) is 60.7 Å². The molecule has 0 radical (unpaired) electrons. The van der Waals surface area contributed by atoms with Crippen LogP contribution in [0.2, 0.25) is 0 Å². The van der Waals surface area contributed by atoms with E-state index in [2.05, 4.69) is 14.1 Å². The molecule has 1 atom stereocenters. The number of hydrogen-bond acceptors (Lipinski definition) is 3. The molecule has 2 aromatic carbocycles. The summed E-state index contributed by atoms with van der Waals surface area (Å²) in [6.07, 6.45) is 5.57. The number of quaternary nitrogens is 1. The summed E-state index contributed by atoms with van der Waals surface area (Å²) in [7, 11) is 4.23. The van der Waals surface area contributed by atoms with Crippen LogP contribution >= 0.6 is 0 Å². The van der Waals surface area contributed by atoms with Crippen LogP contribution in [-0.4, -0.2) is 66.0 Å². The number of Topliss-reactive ketones (excluding diaryl/α,β-unsaturated/α-hetero) is 1. The van der Waals surface area contributed by atoms with Gasteiger partial charge >= 0.3 is 0 Å². The molecule has 190 valence electrons. The van der Waals surface area contributed by atoms with Gasteiger partial charge < -0.3 is 14.5 Å². The van der Waals surface area contributed by atoms with E-state index in [4.69, 9.17) is 0 Å². The first-order valence-electron chi connectivity index (χ1n) is 13.3. The average Bonchev–Trinajstić information content (AvgIpc) is 3.45. The molecule has 2 fully saturated rings. The molecule has 0 aromatic heterocycles. The summed E-state index contributed by atoms with van der Waals surface area (Å²) < 4.78 is 0.612. The Hall–Kier alpha value is -2.50. The molecule has 1 unspecified atom stereocenters. The van der Waals surface area contributed by atoms with E-state index in [0.29, 0.717) is 35.7 Å². The fourth-order valence-corrected chi connectivity index (χ4v) is 5.79. The van der Waals surface area contributed by atoms with Gasteiger partial charge in [0.05, 0.1) is 20.1 Å². The van der Waals surface area contributed by atoms with E-state index in [0.717, 1.165) is 44.1 Å². The quantitative estimate of drug-likeness (QED) is 0.447. The molecule has 2 aromatic rings. The van der Waals surface area contributed by atoms with E-state index in [1.807, 2.05) is 79.4 Å². The van der Waals surface area contributed by atoms with Crippen LogP contribution in [0.25, 0.3) is 0 Å². The van der Waals surface area contributed by atoms with Crippen molar-refractivity contribution in [2.45, 2.75) is 64.0 Å². The van der Waals surface area contributed by atoms with Crippen LogP contribution < -0.4 is 0 Å². The number of nitrogens with zero attached hydrogens (tertiary/aromatic N) is 2. The van der Waals surface area contributed by atoms with Gasteiger partial charge in [-0.2, -0.15) is 0 Å². The summed E-state index contributed by atoms with van der Waals surface area (Å²) in [5, 5.41) is 11.8. The van der Waals surface area contributed by atoms with Gasteiger partial charge in [-0.1, -0.05) is 87.4 Å². The van der Waals surface area contributed by atoms with Gasteiger partial charge in [0.1, 0.15) is 6.54 Å². The zero-order valence-corrected chi connectivity index (χ0v) is 22.0.